The molecule has 3 nitrogen and oxygen atoms in total. The predicted molar refractivity (Wildman–Crippen MR) is 90.1 cm³/mol. The maximum absolute atomic E-state index is 6.02. The van der Waals surface area contributed by atoms with Crippen LogP contribution >= 0.6 is 11.6 Å². The first-order valence-electron chi connectivity index (χ1n) is 7.69. The van der Waals surface area contributed by atoms with Crippen LogP contribution in [-0.4, -0.2) is 36.6 Å². The quantitative estimate of drug-likeness (QED) is 0.924. The molecule has 1 aliphatic heterocycles. The van der Waals surface area contributed by atoms with Crippen LogP contribution in [0, 0.1) is 5.92 Å². The number of halogens is 1. The molecule has 21 heavy (non-hydrogen) atoms. The van der Waals surface area contributed by atoms with Gasteiger partial charge in [0.1, 0.15) is 0 Å². The molecule has 0 amide bonds. The van der Waals surface area contributed by atoms with Crippen molar-refractivity contribution in [3.63, 3.8) is 0 Å². The predicted octanol–water partition coefficient (Wildman–Crippen LogP) is 4.03. The molecule has 2 heterocycles. The second-order valence-electron chi connectivity index (χ2n) is 5.98. The summed E-state index contributed by atoms with van der Waals surface area (Å²) in [6, 6.07) is 7.93. The van der Waals surface area contributed by atoms with E-state index in [0.29, 0.717) is 0 Å². The molecule has 0 spiro atoms. The van der Waals surface area contributed by atoms with Gasteiger partial charge in [0.15, 0.2) is 0 Å². The summed E-state index contributed by atoms with van der Waals surface area (Å²) in [5, 5.41) is 5.45. The lowest BCUT2D eigenvalue weighted by molar-refractivity contribution is 0.215. The zero-order chi connectivity index (χ0) is 14.7. The van der Waals surface area contributed by atoms with Crippen LogP contribution in [0.25, 0.3) is 10.9 Å². The Balaban J connectivity index is 1.60. The zero-order valence-corrected chi connectivity index (χ0v) is 13.2. The Hall–Kier alpha value is -1.32. The summed E-state index contributed by atoms with van der Waals surface area (Å²) in [6.07, 6.45) is 5.73. The van der Waals surface area contributed by atoms with Crippen molar-refractivity contribution >= 4 is 28.2 Å². The van der Waals surface area contributed by atoms with Gasteiger partial charge >= 0.3 is 0 Å². The van der Waals surface area contributed by atoms with Gasteiger partial charge in [0.05, 0.1) is 5.52 Å². The van der Waals surface area contributed by atoms with Crippen LogP contribution in [0.3, 0.4) is 0 Å². The highest BCUT2D eigenvalue weighted by Crippen LogP contribution is 2.25. The highest BCUT2D eigenvalue weighted by atomic mass is 35.5. The number of hydrogen-bond donors (Lipinski definition) is 1. The number of piperidine rings is 1. The van der Waals surface area contributed by atoms with Gasteiger partial charge in [-0.1, -0.05) is 11.6 Å². The molecule has 0 saturated carbocycles. The third kappa shape index (κ3) is 3.66. The van der Waals surface area contributed by atoms with Gasteiger partial charge in [-0.25, -0.2) is 0 Å². The molecule has 112 valence electrons. The van der Waals surface area contributed by atoms with E-state index in [9.17, 15) is 0 Å². The van der Waals surface area contributed by atoms with E-state index in [-0.39, 0.29) is 0 Å². The molecule has 1 aliphatic rings. The van der Waals surface area contributed by atoms with Crippen LogP contribution in [0.1, 0.15) is 19.3 Å². The van der Waals surface area contributed by atoms with Gasteiger partial charge in [0.2, 0.25) is 0 Å². The number of nitrogens with zero attached hydrogens (tertiary/aromatic N) is 2. The molecule has 1 aromatic carbocycles. The van der Waals surface area contributed by atoms with E-state index in [4.69, 9.17) is 11.6 Å². The third-order valence-electron chi connectivity index (χ3n) is 4.41. The highest BCUT2D eigenvalue weighted by molar-refractivity contribution is 6.31. The molecule has 0 radical (unpaired) electrons. The minimum atomic E-state index is 0.735. The van der Waals surface area contributed by atoms with Crippen molar-refractivity contribution in [2.24, 2.45) is 5.92 Å². The lowest BCUT2D eigenvalue weighted by Crippen LogP contribution is -2.30. The van der Waals surface area contributed by atoms with E-state index in [1.807, 2.05) is 30.5 Å². The first-order chi connectivity index (χ1) is 10.2. The lowest BCUT2D eigenvalue weighted by Gasteiger charge is -2.29. The van der Waals surface area contributed by atoms with Gasteiger partial charge in [-0.05, 0) is 69.6 Å². The lowest BCUT2D eigenvalue weighted by atomic mass is 9.94. The number of fused-ring (bicyclic) bond motifs is 1. The maximum Gasteiger partial charge on any atom is 0.0737 e. The Labute approximate surface area is 131 Å². The van der Waals surface area contributed by atoms with E-state index < -0.39 is 0 Å². The Morgan fingerprint density at radius 1 is 1.29 bits per heavy atom. The van der Waals surface area contributed by atoms with Crippen LogP contribution in [0.5, 0.6) is 0 Å². The van der Waals surface area contributed by atoms with E-state index in [1.54, 1.807) is 0 Å². The van der Waals surface area contributed by atoms with E-state index in [1.165, 1.54) is 32.4 Å². The molecule has 2 aromatic rings. The van der Waals surface area contributed by atoms with Crippen molar-refractivity contribution in [1.82, 2.24) is 9.88 Å². The summed E-state index contributed by atoms with van der Waals surface area (Å²) in [7, 11) is 2.21. The molecule has 0 aliphatic carbocycles. The fourth-order valence-electron chi connectivity index (χ4n) is 3.04. The van der Waals surface area contributed by atoms with Crippen LogP contribution < -0.4 is 5.32 Å². The molecular weight excluding hydrogens is 282 g/mol. The summed E-state index contributed by atoms with van der Waals surface area (Å²) in [4.78, 5) is 6.80. The average Bonchev–Trinajstić information content (AvgIpc) is 2.49. The van der Waals surface area contributed by atoms with E-state index >= 15 is 0 Å². The Kier molecular flexibility index (Phi) is 4.61. The van der Waals surface area contributed by atoms with E-state index in [2.05, 4.69) is 22.2 Å². The van der Waals surface area contributed by atoms with Gasteiger partial charge in [-0.15, -0.1) is 0 Å². The summed E-state index contributed by atoms with van der Waals surface area (Å²) >= 11 is 6.02. The monoisotopic (exact) mass is 303 g/mol. The zero-order valence-electron chi connectivity index (χ0n) is 12.5. The molecule has 1 fully saturated rings. The van der Waals surface area contributed by atoms with Gasteiger partial charge in [-0.2, -0.15) is 0 Å². The molecular formula is C17H22ClN3. The molecule has 1 aromatic heterocycles. The van der Waals surface area contributed by atoms with Crippen molar-refractivity contribution in [3.05, 3.63) is 35.5 Å². The van der Waals surface area contributed by atoms with Gasteiger partial charge in [-0.3, -0.25) is 4.98 Å². The molecule has 1 N–H and O–H groups in total. The number of hydrogen-bond acceptors (Lipinski definition) is 3. The van der Waals surface area contributed by atoms with Crippen molar-refractivity contribution in [2.75, 3.05) is 32.0 Å². The normalized spacial score (nSPS) is 17.2. The summed E-state index contributed by atoms with van der Waals surface area (Å²) in [6.45, 7) is 3.50. The molecule has 3 rings (SSSR count). The second kappa shape index (κ2) is 6.63. The standard InChI is InChI=1S/C17H22ClN3/c1-21-10-6-13(7-11-21)4-8-19-16-5-9-20-17-12-14(18)2-3-15(16)17/h2-3,5,9,12-13H,4,6-8,10-11H2,1H3,(H,19,20). The number of nitrogens with one attached hydrogen (secondary N) is 1. The number of anilines is 1. The fourth-order valence-corrected chi connectivity index (χ4v) is 3.20. The van der Waals surface area contributed by atoms with Crippen molar-refractivity contribution in [1.29, 1.82) is 0 Å². The van der Waals surface area contributed by atoms with Gasteiger partial charge in [0.25, 0.3) is 0 Å². The molecule has 0 bridgehead atoms. The number of pyridine rings is 1. The minimum absolute atomic E-state index is 0.735. The van der Waals surface area contributed by atoms with Crippen molar-refractivity contribution < 1.29 is 0 Å². The first kappa shape index (κ1) is 14.6. The Morgan fingerprint density at radius 2 is 2.10 bits per heavy atom. The summed E-state index contributed by atoms with van der Waals surface area (Å²) in [5.74, 6) is 0.858. The Morgan fingerprint density at radius 3 is 2.90 bits per heavy atom. The van der Waals surface area contributed by atoms with Crippen LogP contribution in [0.2, 0.25) is 5.02 Å². The largest absolute Gasteiger partial charge is 0.384 e. The van der Waals surface area contributed by atoms with Crippen LogP contribution in [0.4, 0.5) is 5.69 Å². The molecule has 0 unspecified atom stereocenters. The number of aromatic nitrogens is 1. The third-order valence-corrected chi connectivity index (χ3v) is 4.65. The number of rotatable bonds is 4. The minimum Gasteiger partial charge on any atom is -0.384 e. The molecule has 4 heteroatoms. The van der Waals surface area contributed by atoms with Gasteiger partial charge in [0, 0.05) is 28.8 Å². The average molecular weight is 304 g/mol. The SMILES string of the molecule is CN1CCC(CCNc2ccnc3cc(Cl)ccc23)CC1. The smallest absolute Gasteiger partial charge is 0.0737 e. The highest BCUT2D eigenvalue weighted by Gasteiger charge is 2.16. The summed E-state index contributed by atoms with van der Waals surface area (Å²) in [5.41, 5.74) is 2.11. The summed E-state index contributed by atoms with van der Waals surface area (Å²) < 4.78 is 0. The Bertz CT molecular complexity index is 606. The van der Waals surface area contributed by atoms with Crippen LogP contribution in [-0.2, 0) is 0 Å². The maximum atomic E-state index is 6.02. The molecule has 0 atom stereocenters. The van der Waals surface area contributed by atoms with Gasteiger partial charge < -0.3 is 10.2 Å². The number of likely N-dealkylation sites (tertiary alicyclic amines) is 1. The van der Waals surface area contributed by atoms with Crippen molar-refractivity contribution in [2.45, 2.75) is 19.3 Å². The molecule has 1 saturated heterocycles. The van der Waals surface area contributed by atoms with Crippen molar-refractivity contribution in [3.8, 4) is 0 Å². The topological polar surface area (TPSA) is 28.2 Å². The van der Waals surface area contributed by atoms with E-state index in [0.717, 1.165) is 34.1 Å². The second-order valence-corrected chi connectivity index (χ2v) is 6.42. The number of benzene rings is 1. The fraction of sp³-hybridized carbons (Fsp3) is 0.471. The first-order valence-corrected chi connectivity index (χ1v) is 8.07. The van der Waals surface area contributed by atoms with Crippen LogP contribution in [0.15, 0.2) is 30.5 Å².